The normalized spacial score (nSPS) is 20.7. The summed E-state index contributed by atoms with van der Waals surface area (Å²) in [5.74, 6) is -0.291. The summed E-state index contributed by atoms with van der Waals surface area (Å²) in [6.07, 6.45) is 1.48. The second-order valence-electron chi connectivity index (χ2n) is 6.11. The molecule has 0 spiro atoms. The van der Waals surface area contributed by atoms with Crippen LogP contribution in [-0.4, -0.2) is 48.6 Å². The first-order valence-corrected chi connectivity index (χ1v) is 7.98. The summed E-state index contributed by atoms with van der Waals surface area (Å²) in [7, 11) is 1.41. The van der Waals surface area contributed by atoms with Gasteiger partial charge in [0.15, 0.2) is 6.54 Å². The molecule has 0 saturated carbocycles. The lowest BCUT2D eigenvalue weighted by Gasteiger charge is -2.27. The van der Waals surface area contributed by atoms with Crippen molar-refractivity contribution in [1.82, 2.24) is 9.97 Å². The number of benzene rings is 1. The van der Waals surface area contributed by atoms with Crippen molar-refractivity contribution in [3.05, 3.63) is 28.7 Å². The Bertz CT molecular complexity index is 802. The predicted octanol–water partition coefficient (Wildman–Crippen LogP) is -0.737. The predicted molar refractivity (Wildman–Crippen MR) is 87.9 cm³/mol. The maximum atomic E-state index is 12.2. The van der Waals surface area contributed by atoms with Gasteiger partial charge in [-0.3, -0.25) is 9.59 Å². The minimum Gasteiger partial charge on any atom is -0.469 e. The third-order valence-corrected chi connectivity index (χ3v) is 4.44. The van der Waals surface area contributed by atoms with Crippen molar-refractivity contribution in [2.24, 2.45) is 5.92 Å². The number of carbonyl (C=O) groups is 2. The number of carbonyl (C=O) groups excluding carboxylic acids is 2. The molecule has 0 bridgehead atoms. The van der Waals surface area contributed by atoms with Crippen molar-refractivity contribution in [3.63, 3.8) is 0 Å². The molecular weight excluding hydrogens is 312 g/mol. The fourth-order valence-electron chi connectivity index (χ4n) is 3.15. The highest BCUT2D eigenvalue weighted by atomic mass is 16.5. The van der Waals surface area contributed by atoms with Gasteiger partial charge in [-0.05, 0) is 18.2 Å². The SMILES string of the molecule is COC(=O)C1CC[NH+](CC(=O)Nc2ccc3[nH]c(=O)[nH]c3c2)CC1. The number of hydrogen-bond acceptors (Lipinski definition) is 4. The number of esters is 1. The number of ether oxygens (including phenoxy) is 1. The molecule has 2 aromatic rings. The molecule has 1 fully saturated rings. The molecule has 4 N–H and O–H groups in total. The van der Waals surface area contributed by atoms with Crippen LogP contribution in [0.2, 0.25) is 0 Å². The average molecular weight is 333 g/mol. The Morgan fingerprint density at radius 3 is 2.67 bits per heavy atom. The number of quaternary nitrogens is 1. The number of amides is 1. The zero-order valence-corrected chi connectivity index (χ0v) is 13.5. The summed E-state index contributed by atoms with van der Waals surface area (Å²) in [4.78, 5) is 41.4. The van der Waals surface area contributed by atoms with Crippen molar-refractivity contribution in [3.8, 4) is 0 Å². The highest BCUT2D eigenvalue weighted by Crippen LogP contribution is 2.14. The van der Waals surface area contributed by atoms with Crippen molar-refractivity contribution in [2.45, 2.75) is 12.8 Å². The van der Waals surface area contributed by atoms with Gasteiger partial charge in [0.2, 0.25) is 0 Å². The Balaban J connectivity index is 1.53. The van der Waals surface area contributed by atoms with E-state index in [1.165, 1.54) is 7.11 Å². The molecule has 0 radical (unpaired) electrons. The molecule has 1 aliphatic rings. The summed E-state index contributed by atoms with van der Waals surface area (Å²) in [5, 5.41) is 2.85. The maximum Gasteiger partial charge on any atom is 0.323 e. The lowest BCUT2D eigenvalue weighted by molar-refractivity contribution is -0.897. The molecule has 8 nitrogen and oxygen atoms in total. The molecular formula is C16H21N4O4+. The van der Waals surface area contributed by atoms with Gasteiger partial charge < -0.3 is 24.9 Å². The van der Waals surface area contributed by atoms with E-state index in [2.05, 4.69) is 15.3 Å². The minimum atomic E-state index is -0.272. The van der Waals surface area contributed by atoms with E-state index in [1.807, 2.05) is 0 Å². The summed E-state index contributed by atoms with van der Waals surface area (Å²) in [5.41, 5.74) is 1.73. The third-order valence-electron chi connectivity index (χ3n) is 4.44. The number of anilines is 1. The van der Waals surface area contributed by atoms with E-state index in [0.717, 1.165) is 30.8 Å². The maximum absolute atomic E-state index is 12.2. The largest absolute Gasteiger partial charge is 0.469 e. The number of aromatic amines is 2. The molecule has 24 heavy (non-hydrogen) atoms. The molecule has 1 saturated heterocycles. The van der Waals surface area contributed by atoms with Crippen LogP contribution in [0.25, 0.3) is 11.0 Å². The number of rotatable bonds is 4. The van der Waals surface area contributed by atoms with Crippen LogP contribution in [0.3, 0.4) is 0 Å². The van der Waals surface area contributed by atoms with E-state index in [4.69, 9.17) is 4.74 Å². The van der Waals surface area contributed by atoms with Gasteiger partial charge in [-0.25, -0.2) is 4.79 Å². The number of methoxy groups -OCH3 is 1. The van der Waals surface area contributed by atoms with Gasteiger partial charge in [0.1, 0.15) is 0 Å². The first-order valence-electron chi connectivity index (χ1n) is 7.98. The Labute approximate surface area is 138 Å². The third kappa shape index (κ3) is 3.65. The van der Waals surface area contributed by atoms with Crippen LogP contribution in [0.5, 0.6) is 0 Å². The number of nitrogens with one attached hydrogen (secondary N) is 4. The van der Waals surface area contributed by atoms with Gasteiger partial charge in [-0.2, -0.15) is 0 Å². The van der Waals surface area contributed by atoms with Crippen molar-refractivity contribution >= 4 is 28.6 Å². The van der Waals surface area contributed by atoms with Gasteiger partial charge >= 0.3 is 11.7 Å². The zero-order valence-electron chi connectivity index (χ0n) is 13.5. The van der Waals surface area contributed by atoms with Gasteiger partial charge in [-0.15, -0.1) is 0 Å². The van der Waals surface area contributed by atoms with E-state index in [0.29, 0.717) is 23.3 Å². The van der Waals surface area contributed by atoms with Crippen LogP contribution in [0.4, 0.5) is 5.69 Å². The Morgan fingerprint density at radius 1 is 1.25 bits per heavy atom. The van der Waals surface area contributed by atoms with Crippen molar-refractivity contribution < 1.29 is 19.2 Å². The number of imidazole rings is 1. The van der Waals surface area contributed by atoms with Gasteiger partial charge in [0, 0.05) is 18.5 Å². The highest BCUT2D eigenvalue weighted by molar-refractivity contribution is 5.93. The second-order valence-corrected chi connectivity index (χ2v) is 6.11. The summed E-state index contributed by atoms with van der Waals surface area (Å²) in [6.45, 7) is 1.91. The number of fused-ring (bicyclic) bond motifs is 1. The molecule has 1 aromatic carbocycles. The average Bonchev–Trinajstić information content (AvgIpc) is 2.94. The highest BCUT2D eigenvalue weighted by Gasteiger charge is 2.29. The Morgan fingerprint density at radius 2 is 1.96 bits per heavy atom. The minimum absolute atomic E-state index is 0.0466. The van der Waals surface area contributed by atoms with Gasteiger partial charge in [0.05, 0.1) is 37.2 Å². The molecule has 8 heteroatoms. The molecule has 0 unspecified atom stereocenters. The van der Waals surface area contributed by atoms with Crippen molar-refractivity contribution in [2.75, 3.05) is 32.1 Å². The van der Waals surface area contributed by atoms with E-state index < -0.39 is 0 Å². The van der Waals surface area contributed by atoms with Crippen LogP contribution < -0.4 is 15.9 Å². The summed E-state index contributed by atoms with van der Waals surface area (Å²) in [6, 6.07) is 5.23. The smallest absolute Gasteiger partial charge is 0.323 e. The molecule has 1 aliphatic heterocycles. The Kier molecular flexibility index (Phi) is 4.66. The van der Waals surface area contributed by atoms with Crippen molar-refractivity contribution in [1.29, 1.82) is 0 Å². The molecule has 128 valence electrons. The molecule has 1 aromatic heterocycles. The number of likely N-dealkylation sites (tertiary alicyclic amines) is 1. The van der Waals surface area contributed by atoms with Crippen LogP contribution >= 0.6 is 0 Å². The van der Waals surface area contributed by atoms with Crippen LogP contribution in [0.15, 0.2) is 23.0 Å². The van der Waals surface area contributed by atoms with Crippen LogP contribution in [-0.2, 0) is 14.3 Å². The van der Waals surface area contributed by atoms with Gasteiger partial charge in [0.25, 0.3) is 5.91 Å². The fourth-order valence-corrected chi connectivity index (χ4v) is 3.15. The molecule has 3 rings (SSSR count). The molecule has 2 heterocycles. The van der Waals surface area contributed by atoms with E-state index in [1.54, 1.807) is 18.2 Å². The second kappa shape index (κ2) is 6.88. The van der Waals surface area contributed by atoms with Crippen LogP contribution in [0, 0.1) is 5.92 Å². The lowest BCUT2D eigenvalue weighted by atomic mass is 9.97. The van der Waals surface area contributed by atoms with E-state index in [9.17, 15) is 14.4 Å². The fraction of sp³-hybridized carbons (Fsp3) is 0.438. The number of H-pyrrole nitrogens is 2. The number of piperidine rings is 1. The molecule has 0 atom stereocenters. The first-order chi connectivity index (χ1) is 11.5. The summed E-state index contributed by atoms with van der Waals surface area (Å²) >= 11 is 0. The zero-order chi connectivity index (χ0) is 17.1. The number of hydrogen-bond donors (Lipinski definition) is 4. The lowest BCUT2D eigenvalue weighted by Crippen LogP contribution is -3.14. The van der Waals surface area contributed by atoms with E-state index >= 15 is 0 Å². The van der Waals surface area contributed by atoms with E-state index in [-0.39, 0.29) is 23.5 Å². The molecule has 0 aliphatic carbocycles. The first kappa shape index (κ1) is 16.3. The van der Waals surface area contributed by atoms with Crippen LogP contribution in [0.1, 0.15) is 12.8 Å². The monoisotopic (exact) mass is 333 g/mol. The quantitative estimate of drug-likeness (QED) is 0.553. The number of aromatic nitrogens is 2. The topological polar surface area (TPSA) is 108 Å². The van der Waals surface area contributed by atoms with Gasteiger partial charge in [-0.1, -0.05) is 0 Å². The summed E-state index contributed by atoms with van der Waals surface area (Å²) < 4.78 is 4.77. The molecule has 1 amide bonds. The standard InChI is InChI=1S/C16H20N4O4/c1-24-15(22)10-4-6-20(7-5-10)9-14(21)17-11-2-3-12-13(8-11)19-16(23)18-12/h2-3,8,10H,4-7,9H2,1H3,(H,17,21)(H2,18,19,23)/p+1. The Hall–Kier alpha value is -2.61.